The van der Waals surface area contributed by atoms with E-state index in [-0.39, 0.29) is 39.5 Å². The fourth-order valence-corrected chi connectivity index (χ4v) is 5.31. The summed E-state index contributed by atoms with van der Waals surface area (Å²) in [7, 11) is -2.77. The fourth-order valence-electron chi connectivity index (χ4n) is 3.82. The Morgan fingerprint density at radius 1 is 1.06 bits per heavy atom. The maximum atomic E-state index is 13.6. The van der Waals surface area contributed by atoms with Crippen LogP contribution >= 0.6 is 0 Å². The largest absolute Gasteiger partial charge is 0.495 e. The number of nitrogen functional groups attached to an aromatic ring is 1. The molecule has 1 aliphatic rings. The number of rotatable bonds is 7. The normalized spacial score (nSPS) is 12.9. The van der Waals surface area contributed by atoms with Crippen molar-refractivity contribution in [3.05, 3.63) is 96.1 Å². The first-order valence-electron chi connectivity index (χ1n) is 10.4. The van der Waals surface area contributed by atoms with Gasteiger partial charge in [-0.3, -0.25) is 18.7 Å². The van der Waals surface area contributed by atoms with E-state index in [4.69, 9.17) is 10.5 Å². The number of carbonyl (C=O) groups excluding carboxylic acids is 3. The highest BCUT2D eigenvalue weighted by Crippen LogP contribution is 2.33. The summed E-state index contributed by atoms with van der Waals surface area (Å²) in [5.74, 6) is -2.31. The molecule has 0 radical (unpaired) electrons. The average Bonchev–Trinajstić information content (AvgIpc) is 3.12. The first-order valence-corrected chi connectivity index (χ1v) is 11.8. The van der Waals surface area contributed by atoms with E-state index in [1.54, 1.807) is 24.3 Å². The van der Waals surface area contributed by atoms with Gasteiger partial charge in [-0.1, -0.05) is 30.3 Å². The first-order chi connectivity index (χ1) is 16.7. The number of hydrogen-bond acceptors (Lipinski definition) is 7. The quantitative estimate of drug-likeness (QED) is 0.306. The number of methoxy groups -OCH3 is 1. The van der Waals surface area contributed by atoms with Crippen molar-refractivity contribution in [1.82, 2.24) is 4.90 Å². The molecule has 3 amide bonds. The summed E-state index contributed by atoms with van der Waals surface area (Å²) in [5.41, 5.74) is 5.99. The summed E-state index contributed by atoms with van der Waals surface area (Å²) in [4.78, 5) is 39.1. The van der Waals surface area contributed by atoms with E-state index in [0.29, 0.717) is 10.6 Å². The molecule has 0 aliphatic carbocycles. The van der Waals surface area contributed by atoms with Crippen LogP contribution in [0.25, 0.3) is 0 Å². The Labute approximate surface area is 202 Å². The maximum Gasteiger partial charge on any atom is 0.270 e. The Kier molecular flexibility index (Phi) is 6.14. The van der Waals surface area contributed by atoms with E-state index >= 15 is 0 Å². The second-order valence-electron chi connectivity index (χ2n) is 7.55. The smallest absolute Gasteiger partial charge is 0.270 e. The monoisotopic (exact) mass is 491 g/mol. The zero-order valence-electron chi connectivity index (χ0n) is 18.7. The molecule has 0 unspecified atom stereocenters. The van der Waals surface area contributed by atoms with Crippen LogP contribution < -0.4 is 14.8 Å². The molecule has 0 aromatic heterocycles. The van der Waals surface area contributed by atoms with Crippen molar-refractivity contribution >= 4 is 39.1 Å². The molecular formula is C25H21N3O6S. The molecular weight excluding hydrogens is 470 g/mol. The van der Waals surface area contributed by atoms with Gasteiger partial charge in [-0.15, -0.1) is 6.58 Å². The fraction of sp³-hybridized carbons (Fsp3) is 0.0800. The van der Waals surface area contributed by atoms with Crippen molar-refractivity contribution in [2.75, 3.05) is 23.7 Å². The van der Waals surface area contributed by atoms with Crippen LogP contribution in [0.15, 0.2) is 84.3 Å². The zero-order valence-corrected chi connectivity index (χ0v) is 19.5. The molecule has 3 aromatic rings. The Hall–Kier alpha value is -4.44. The molecule has 178 valence electrons. The minimum absolute atomic E-state index is 0.0143. The minimum Gasteiger partial charge on any atom is -0.495 e. The number of ether oxygens (including phenoxy) is 1. The van der Waals surface area contributed by atoms with Gasteiger partial charge >= 0.3 is 0 Å². The summed E-state index contributed by atoms with van der Waals surface area (Å²) in [6.07, 6.45) is 1.42. The highest BCUT2D eigenvalue weighted by molar-refractivity contribution is 7.92. The van der Waals surface area contributed by atoms with Gasteiger partial charge in [0.2, 0.25) is 0 Å². The van der Waals surface area contributed by atoms with Gasteiger partial charge in [0.15, 0.2) is 0 Å². The summed E-state index contributed by atoms with van der Waals surface area (Å²) in [5, 5.41) is 0. The van der Waals surface area contributed by atoms with Gasteiger partial charge in [-0.2, -0.15) is 0 Å². The molecule has 0 saturated heterocycles. The second kappa shape index (κ2) is 9.07. The molecule has 0 atom stereocenters. The van der Waals surface area contributed by atoms with Crippen molar-refractivity contribution in [2.24, 2.45) is 0 Å². The molecule has 0 saturated carbocycles. The van der Waals surface area contributed by atoms with E-state index in [1.807, 2.05) is 0 Å². The molecule has 2 N–H and O–H groups in total. The SMILES string of the molecule is C=CCN(c1ccccc1OC)S(=O)(=O)c1cccc(C(=O)N2C(=O)c3cccc(N)c3C2=O)c1. The number of sulfonamides is 1. The predicted molar refractivity (Wildman–Crippen MR) is 130 cm³/mol. The number of hydrogen-bond donors (Lipinski definition) is 1. The van der Waals surface area contributed by atoms with Crippen LogP contribution in [-0.2, 0) is 10.0 Å². The third-order valence-corrected chi connectivity index (χ3v) is 7.24. The van der Waals surface area contributed by atoms with Crippen molar-refractivity contribution in [1.29, 1.82) is 0 Å². The summed E-state index contributed by atoms with van der Waals surface area (Å²) in [6.45, 7) is 3.57. The number of para-hydroxylation sites is 2. The molecule has 0 spiro atoms. The third-order valence-electron chi connectivity index (χ3n) is 5.47. The van der Waals surface area contributed by atoms with E-state index in [1.165, 1.54) is 49.6 Å². The maximum absolute atomic E-state index is 13.6. The van der Waals surface area contributed by atoms with E-state index in [9.17, 15) is 22.8 Å². The number of carbonyl (C=O) groups is 3. The van der Waals surface area contributed by atoms with Gasteiger partial charge in [0.05, 0.1) is 35.4 Å². The molecule has 1 heterocycles. The van der Waals surface area contributed by atoms with Crippen LogP contribution in [0, 0.1) is 0 Å². The Balaban J connectivity index is 1.74. The molecule has 0 bridgehead atoms. The van der Waals surface area contributed by atoms with E-state index in [0.717, 1.165) is 10.4 Å². The van der Waals surface area contributed by atoms with Crippen LogP contribution in [0.5, 0.6) is 5.75 Å². The van der Waals surface area contributed by atoms with Gasteiger partial charge in [0, 0.05) is 11.3 Å². The predicted octanol–water partition coefficient (Wildman–Crippen LogP) is 3.10. The van der Waals surface area contributed by atoms with Gasteiger partial charge in [-0.25, -0.2) is 13.3 Å². The van der Waals surface area contributed by atoms with Crippen LogP contribution in [0.2, 0.25) is 0 Å². The molecule has 10 heteroatoms. The summed E-state index contributed by atoms with van der Waals surface area (Å²) >= 11 is 0. The van der Waals surface area contributed by atoms with Gasteiger partial charge < -0.3 is 10.5 Å². The topological polar surface area (TPSA) is 127 Å². The van der Waals surface area contributed by atoms with Crippen molar-refractivity contribution in [2.45, 2.75) is 4.90 Å². The molecule has 35 heavy (non-hydrogen) atoms. The summed E-state index contributed by atoms with van der Waals surface area (Å²) < 4.78 is 33.6. The lowest BCUT2D eigenvalue weighted by Crippen LogP contribution is -2.36. The minimum atomic E-state index is -4.19. The third kappa shape index (κ3) is 3.93. The van der Waals surface area contributed by atoms with E-state index in [2.05, 4.69) is 6.58 Å². The summed E-state index contributed by atoms with van der Waals surface area (Å²) in [6, 6.07) is 16.1. The molecule has 3 aromatic carbocycles. The number of nitrogens with two attached hydrogens (primary N) is 1. The molecule has 0 fully saturated rings. The number of imide groups is 3. The van der Waals surface area contributed by atoms with Crippen LogP contribution in [0.1, 0.15) is 31.1 Å². The first kappa shape index (κ1) is 23.7. The van der Waals surface area contributed by atoms with Crippen LogP contribution in [0.4, 0.5) is 11.4 Å². The molecule has 9 nitrogen and oxygen atoms in total. The number of nitrogens with zero attached hydrogens (tertiary/aromatic N) is 2. The Morgan fingerprint density at radius 3 is 2.46 bits per heavy atom. The number of fused-ring (bicyclic) bond motifs is 1. The van der Waals surface area contributed by atoms with Gasteiger partial charge in [-0.05, 0) is 42.5 Å². The van der Waals surface area contributed by atoms with Gasteiger partial charge in [0.1, 0.15) is 5.75 Å². The molecule has 1 aliphatic heterocycles. The van der Waals surface area contributed by atoms with Crippen molar-refractivity contribution in [3.8, 4) is 5.75 Å². The van der Waals surface area contributed by atoms with Crippen LogP contribution in [-0.4, -0.2) is 44.7 Å². The van der Waals surface area contributed by atoms with Crippen molar-refractivity contribution in [3.63, 3.8) is 0 Å². The zero-order chi connectivity index (χ0) is 25.3. The van der Waals surface area contributed by atoms with Crippen molar-refractivity contribution < 1.29 is 27.5 Å². The highest BCUT2D eigenvalue weighted by Gasteiger charge is 2.41. The number of anilines is 2. The lowest BCUT2D eigenvalue weighted by atomic mass is 10.1. The standard InChI is InChI=1S/C25H21N3O6S/c1-3-14-27(20-12-4-5-13-21(20)34-2)35(32,33)17-9-6-8-16(15-17)23(29)28-24(30)18-10-7-11-19(26)22(18)25(28)31/h3-13,15H,1,14,26H2,2H3. The average molecular weight is 492 g/mol. The number of amides is 3. The lowest BCUT2D eigenvalue weighted by molar-refractivity contribution is 0.0566. The van der Waals surface area contributed by atoms with Crippen LogP contribution in [0.3, 0.4) is 0 Å². The number of benzene rings is 3. The lowest BCUT2D eigenvalue weighted by Gasteiger charge is -2.25. The Morgan fingerprint density at radius 2 is 1.77 bits per heavy atom. The van der Waals surface area contributed by atoms with Gasteiger partial charge in [0.25, 0.3) is 27.7 Å². The Bertz CT molecular complexity index is 1480. The van der Waals surface area contributed by atoms with E-state index < -0.39 is 27.7 Å². The molecule has 4 rings (SSSR count). The highest BCUT2D eigenvalue weighted by atomic mass is 32.2. The second-order valence-corrected chi connectivity index (χ2v) is 9.41.